The zero-order valence-electron chi connectivity index (χ0n) is 14.9. The van der Waals surface area contributed by atoms with Crippen LogP contribution in [0.4, 0.5) is 5.82 Å². The molecule has 0 amide bonds. The molecule has 0 spiro atoms. The third kappa shape index (κ3) is 2.87. The minimum atomic E-state index is 0.320. The first-order valence-corrected chi connectivity index (χ1v) is 10.3. The first kappa shape index (κ1) is 16.1. The molecule has 1 saturated carbocycles. The Morgan fingerprint density at radius 2 is 2.15 bits per heavy atom. The summed E-state index contributed by atoms with van der Waals surface area (Å²) in [6.45, 7) is 5.27. The van der Waals surface area contributed by atoms with Crippen molar-refractivity contribution in [3.63, 3.8) is 0 Å². The van der Waals surface area contributed by atoms with Gasteiger partial charge in [-0.3, -0.25) is 0 Å². The van der Waals surface area contributed by atoms with Crippen molar-refractivity contribution < 1.29 is 0 Å². The monoisotopic (exact) mass is 369 g/mol. The second-order valence-electron chi connectivity index (χ2n) is 7.42. The van der Waals surface area contributed by atoms with E-state index in [1.54, 1.807) is 11.3 Å². The summed E-state index contributed by atoms with van der Waals surface area (Å²) in [6.07, 6.45) is 5.58. The van der Waals surface area contributed by atoms with E-state index in [2.05, 4.69) is 38.4 Å². The van der Waals surface area contributed by atoms with Crippen LogP contribution >= 0.6 is 11.3 Å². The summed E-state index contributed by atoms with van der Waals surface area (Å²) in [6, 6.07) is 4.42. The Kier molecular flexibility index (Phi) is 4.09. The average molecular weight is 369 g/mol. The number of nitrogens with zero attached hydrogens (tertiary/aromatic N) is 6. The predicted molar refractivity (Wildman–Crippen MR) is 102 cm³/mol. The number of aromatic nitrogens is 5. The van der Waals surface area contributed by atoms with Crippen molar-refractivity contribution >= 4 is 22.8 Å². The Morgan fingerprint density at radius 1 is 1.27 bits per heavy atom. The van der Waals surface area contributed by atoms with E-state index in [9.17, 15) is 0 Å². The molecular formula is C18H23N7S. The topological polar surface area (TPSA) is 71.2 Å². The lowest BCUT2D eigenvalue weighted by Gasteiger charge is -2.40. The fourth-order valence-electron chi connectivity index (χ4n) is 3.65. The molecule has 26 heavy (non-hydrogen) atoms. The van der Waals surface area contributed by atoms with E-state index in [4.69, 9.17) is 5.10 Å². The molecule has 0 aromatic carbocycles. The maximum absolute atomic E-state index is 4.82. The van der Waals surface area contributed by atoms with Crippen LogP contribution in [-0.4, -0.2) is 44.4 Å². The Morgan fingerprint density at radius 3 is 2.88 bits per heavy atom. The van der Waals surface area contributed by atoms with E-state index in [1.165, 1.54) is 19.3 Å². The number of fused-ring (bicyclic) bond motifs is 1. The summed E-state index contributed by atoms with van der Waals surface area (Å²) in [5.41, 5.74) is 0.853. The zero-order valence-corrected chi connectivity index (χ0v) is 15.7. The van der Waals surface area contributed by atoms with Crippen LogP contribution in [0.3, 0.4) is 0 Å². The second kappa shape index (κ2) is 6.59. The Hall–Kier alpha value is -2.06. The molecule has 1 unspecified atom stereocenters. The van der Waals surface area contributed by atoms with E-state index in [1.807, 2.05) is 22.2 Å². The number of rotatable bonds is 6. The van der Waals surface area contributed by atoms with Crippen LogP contribution in [0, 0.1) is 5.92 Å². The van der Waals surface area contributed by atoms with Crippen molar-refractivity contribution in [2.75, 3.05) is 24.5 Å². The molecule has 4 heterocycles. The highest BCUT2D eigenvalue weighted by Crippen LogP contribution is 2.35. The zero-order chi connectivity index (χ0) is 17.5. The van der Waals surface area contributed by atoms with Gasteiger partial charge in [0.15, 0.2) is 11.5 Å². The highest BCUT2D eigenvalue weighted by molar-refractivity contribution is 7.09. The molecule has 5 rings (SSSR count). The highest BCUT2D eigenvalue weighted by atomic mass is 32.1. The SMILES string of the molecule is CC(NCC1CN(c2ccc3nnc(C4CCC4)n3n2)C1)c1nccs1. The molecule has 1 aliphatic heterocycles. The summed E-state index contributed by atoms with van der Waals surface area (Å²) >= 11 is 1.71. The second-order valence-corrected chi connectivity index (χ2v) is 8.34. The van der Waals surface area contributed by atoms with E-state index in [0.29, 0.717) is 17.9 Å². The predicted octanol–water partition coefficient (Wildman–Crippen LogP) is 2.64. The Bertz CT molecular complexity index is 880. The van der Waals surface area contributed by atoms with Crippen LogP contribution in [-0.2, 0) is 0 Å². The third-order valence-electron chi connectivity index (χ3n) is 5.56. The van der Waals surface area contributed by atoms with E-state index < -0.39 is 0 Å². The molecule has 2 fully saturated rings. The van der Waals surface area contributed by atoms with Crippen LogP contribution < -0.4 is 10.2 Å². The van der Waals surface area contributed by atoms with Crippen LogP contribution in [0.5, 0.6) is 0 Å². The Balaban J connectivity index is 1.20. The summed E-state index contributed by atoms with van der Waals surface area (Å²) in [5.74, 6) is 3.25. The van der Waals surface area contributed by atoms with Crippen LogP contribution in [0.1, 0.15) is 49.0 Å². The van der Waals surface area contributed by atoms with Crippen molar-refractivity contribution in [3.05, 3.63) is 34.5 Å². The van der Waals surface area contributed by atoms with Gasteiger partial charge in [0.2, 0.25) is 0 Å². The van der Waals surface area contributed by atoms with Gasteiger partial charge in [-0.05, 0) is 31.9 Å². The van der Waals surface area contributed by atoms with Gasteiger partial charge in [-0.1, -0.05) is 6.42 Å². The first-order chi connectivity index (χ1) is 12.8. The molecule has 1 N–H and O–H groups in total. The molecule has 3 aromatic rings. The van der Waals surface area contributed by atoms with Gasteiger partial charge in [0.05, 0.1) is 6.04 Å². The van der Waals surface area contributed by atoms with Crippen molar-refractivity contribution in [1.29, 1.82) is 0 Å². The summed E-state index contributed by atoms with van der Waals surface area (Å²) in [4.78, 5) is 6.72. The van der Waals surface area contributed by atoms with Gasteiger partial charge in [-0.2, -0.15) is 4.52 Å². The maximum atomic E-state index is 4.82. The first-order valence-electron chi connectivity index (χ1n) is 9.38. The van der Waals surface area contributed by atoms with Crippen LogP contribution in [0.2, 0.25) is 0 Å². The van der Waals surface area contributed by atoms with Crippen molar-refractivity contribution in [2.24, 2.45) is 5.92 Å². The smallest absolute Gasteiger partial charge is 0.178 e. The quantitative estimate of drug-likeness (QED) is 0.720. The van der Waals surface area contributed by atoms with Gasteiger partial charge in [0.25, 0.3) is 0 Å². The fourth-order valence-corrected chi connectivity index (χ4v) is 4.32. The normalized spacial score (nSPS) is 19.5. The lowest BCUT2D eigenvalue weighted by atomic mass is 9.85. The Labute approximate surface area is 156 Å². The number of anilines is 1. The van der Waals surface area contributed by atoms with E-state index >= 15 is 0 Å². The molecule has 0 radical (unpaired) electrons. The van der Waals surface area contributed by atoms with Crippen molar-refractivity contribution in [1.82, 2.24) is 30.1 Å². The largest absolute Gasteiger partial charge is 0.354 e. The van der Waals surface area contributed by atoms with Gasteiger partial charge >= 0.3 is 0 Å². The van der Waals surface area contributed by atoms with Crippen molar-refractivity contribution in [3.8, 4) is 0 Å². The molecule has 136 valence electrons. The van der Waals surface area contributed by atoms with E-state index in [0.717, 1.165) is 41.9 Å². The minimum Gasteiger partial charge on any atom is -0.354 e. The van der Waals surface area contributed by atoms with Gasteiger partial charge < -0.3 is 10.2 Å². The van der Waals surface area contributed by atoms with Gasteiger partial charge in [-0.25, -0.2) is 4.98 Å². The van der Waals surface area contributed by atoms with Gasteiger partial charge in [0, 0.05) is 43.0 Å². The van der Waals surface area contributed by atoms with Crippen LogP contribution in [0.15, 0.2) is 23.7 Å². The number of nitrogens with one attached hydrogen (secondary N) is 1. The highest BCUT2D eigenvalue weighted by Gasteiger charge is 2.30. The maximum Gasteiger partial charge on any atom is 0.178 e. The molecule has 1 aliphatic carbocycles. The molecule has 7 nitrogen and oxygen atoms in total. The molecule has 1 atom stereocenters. The number of hydrogen-bond donors (Lipinski definition) is 1. The average Bonchev–Trinajstić information content (AvgIpc) is 3.22. The van der Waals surface area contributed by atoms with E-state index in [-0.39, 0.29) is 0 Å². The number of hydrogen-bond acceptors (Lipinski definition) is 7. The third-order valence-corrected chi connectivity index (χ3v) is 6.52. The van der Waals surface area contributed by atoms with Gasteiger partial charge in [-0.15, -0.1) is 26.6 Å². The molecule has 3 aromatic heterocycles. The van der Waals surface area contributed by atoms with Crippen LogP contribution in [0.25, 0.3) is 5.65 Å². The lowest BCUT2D eigenvalue weighted by Crippen LogP contribution is -2.51. The fraction of sp³-hybridized carbons (Fsp3) is 0.556. The standard InChI is InChI=1S/C18H23N7S/c1-12(18-19-7-8-26-18)20-9-13-10-24(11-13)16-6-5-15-21-22-17(25(15)23-16)14-3-2-4-14/h5-8,12-14,20H,2-4,9-11H2,1H3. The van der Waals surface area contributed by atoms with Crippen molar-refractivity contribution in [2.45, 2.75) is 38.1 Å². The molecular weight excluding hydrogens is 346 g/mol. The molecule has 0 bridgehead atoms. The molecule has 2 aliphatic rings. The lowest BCUT2D eigenvalue weighted by molar-refractivity contribution is 0.364. The summed E-state index contributed by atoms with van der Waals surface area (Å²) in [5, 5.41) is 20.2. The molecule has 1 saturated heterocycles. The number of thiazole rings is 1. The van der Waals surface area contributed by atoms with Gasteiger partial charge in [0.1, 0.15) is 10.8 Å². The molecule has 8 heteroatoms. The summed E-state index contributed by atoms with van der Waals surface area (Å²) in [7, 11) is 0. The minimum absolute atomic E-state index is 0.320. The summed E-state index contributed by atoms with van der Waals surface area (Å²) < 4.78 is 1.95.